The first-order valence-electron chi connectivity index (χ1n) is 7.85. The van der Waals surface area contributed by atoms with Gasteiger partial charge >= 0.3 is 0 Å². The van der Waals surface area contributed by atoms with Crippen LogP contribution in [0.2, 0.25) is 0 Å². The molecule has 0 aliphatic heterocycles. The minimum absolute atomic E-state index is 0.163. The Balaban J connectivity index is 1.43. The molecule has 2 heteroatoms. The summed E-state index contributed by atoms with van der Waals surface area (Å²) in [5.74, 6) is 0.424. The molecule has 0 saturated carbocycles. The van der Waals surface area contributed by atoms with Gasteiger partial charge < -0.3 is 9.47 Å². The second-order valence-electron chi connectivity index (χ2n) is 5.69. The first-order valence-corrected chi connectivity index (χ1v) is 7.85. The van der Waals surface area contributed by atoms with Gasteiger partial charge in [0.1, 0.15) is 0 Å². The molecule has 22 heavy (non-hydrogen) atoms. The third kappa shape index (κ3) is 4.30. The summed E-state index contributed by atoms with van der Waals surface area (Å²) in [6.07, 6.45) is 5.57. The summed E-state index contributed by atoms with van der Waals surface area (Å²) in [5, 5.41) is 0. The fourth-order valence-corrected chi connectivity index (χ4v) is 2.70. The van der Waals surface area contributed by atoms with Gasteiger partial charge in [-0.3, -0.25) is 0 Å². The highest BCUT2D eigenvalue weighted by atomic mass is 16.5. The van der Waals surface area contributed by atoms with Gasteiger partial charge in [-0.05, 0) is 17.5 Å². The Morgan fingerprint density at radius 2 is 1.45 bits per heavy atom. The van der Waals surface area contributed by atoms with Crippen LogP contribution in [0.5, 0.6) is 0 Å². The van der Waals surface area contributed by atoms with Gasteiger partial charge in [0.15, 0.2) is 0 Å². The second-order valence-corrected chi connectivity index (χ2v) is 5.69. The quantitative estimate of drug-likeness (QED) is 0.706. The highest BCUT2D eigenvalue weighted by Gasteiger charge is 2.23. The lowest BCUT2D eigenvalue weighted by Gasteiger charge is -2.20. The lowest BCUT2D eigenvalue weighted by atomic mass is 10.1. The molecule has 2 aromatic carbocycles. The maximum absolute atomic E-state index is 6.04. The van der Waals surface area contributed by atoms with Gasteiger partial charge in [0, 0.05) is 5.92 Å². The van der Waals surface area contributed by atoms with E-state index in [1.807, 2.05) is 36.4 Å². The van der Waals surface area contributed by atoms with E-state index in [4.69, 9.17) is 9.47 Å². The highest BCUT2D eigenvalue weighted by Crippen LogP contribution is 2.23. The van der Waals surface area contributed by atoms with Crippen molar-refractivity contribution in [3.63, 3.8) is 0 Å². The van der Waals surface area contributed by atoms with Crippen molar-refractivity contribution in [2.75, 3.05) is 6.61 Å². The lowest BCUT2D eigenvalue weighted by Crippen LogP contribution is -2.22. The normalized spacial score (nSPS) is 20.4. The summed E-state index contributed by atoms with van der Waals surface area (Å²) in [4.78, 5) is 0. The van der Waals surface area contributed by atoms with E-state index in [0.29, 0.717) is 19.1 Å². The average molecular weight is 294 g/mol. The van der Waals surface area contributed by atoms with Gasteiger partial charge in [-0.15, -0.1) is 0 Å². The van der Waals surface area contributed by atoms with Crippen molar-refractivity contribution in [1.29, 1.82) is 0 Å². The molecule has 1 aliphatic rings. The Morgan fingerprint density at radius 1 is 0.818 bits per heavy atom. The Morgan fingerprint density at radius 3 is 2.14 bits per heavy atom. The van der Waals surface area contributed by atoms with E-state index in [0.717, 1.165) is 13.0 Å². The summed E-state index contributed by atoms with van der Waals surface area (Å²) in [5.41, 5.74) is 2.43. The van der Waals surface area contributed by atoms with E-state index in [2.05, 4.69) is 36.4 Å². The molecule has 2 atom stereocenters. The van der Waals surface area contributed by atoms with Gasteiger partial charge in [-0.25, -0.2) is 0 Å². The van der Waals surface area contributed by atoms with Gasteiger partial charge in [0.25, 0.3) is 0 Å². The number of benzene rings is 2. The first kappa shape index (κ1) is 15.0. The minimum atomic E-state index is 0.163. The Kier molecular flexibility index (Phi) is 5.41. The Labute approximate surface area is 132 Å². The number of rotatable bonds is 7. The van der Waals surface area contributed by atoms with Crippen LogP contribution in [0.1, 0.15) is 17.5 Å². The summed E-state index contributed by atoms with van der Waals surface area (Å²) < 4.78 is 11.9. The predicted molar refractivity (Wildman–Crippen MR) is 88.4 cm³/mol. The molecule has 0 amide bonds. The Hall–Kier alpha value is -1.90. The molecular weight excluding hydrogens is 272 g/mol. The monoisotopic (exact) mass is 294 g/mol. The molecule has 0 bridgehead atoms. The topological polar surface area (TPSA) is 18.5 Å². The van der Waals surface area contributed by atoms with Gasteiger partial charge in [-0.1, -0.05) is 72.8 Å². The maximum Gasteiger partial charge on any atom is 0.0813 e. The fourth-order valence-electron chi connectivity index (χ4n) is 2.70. The van der Waals surface area contributed by atoms with E-state index < -0.39 is 0 Å². The zero-order chi connectivity index (χ0) is 15.0. The van der Waals surface area contributed by atoms with Crippen LogP contribution in [0.3, 0.4) is 0 Å². The van der Waals surface area contributed by atoms with Crippen LogP contribution in [0.25, 0.3) is 0 Å². The first-order chi connectivity index (χ1) is 10.9. The molecule has 3 rings (SSSR count). The molecule has 114 valence electrons. The third-order valence-corrected chi connectivity index (χ3v) is 3.96. The number of hydrogen-bond acceptors (Lipinski definition) is 2. The van der Waals surface area contributed by atoms with Crippen LogP contribution in [0.15, 0.2) is 72.8 Å². The number of hydrogen-bond donors (Lipinski definition) is 0. The summed E-state index contributed by atoms with van der Waals surface area (Å²) in [7, 11) is 0. The third-order valence-electron chi connectivity index (χ3n) is 3.96. The van der Waals surface area contributed by atoms with Crippen LogP contribution >= 0.6 is 0 Å². The molecule has 0 fully saturated rings. The van der Waals surface area contributed by atoms with E-state index in [1.165, 1.54) is 11.1 Å². The molecule has 0 aromatic heterocycles. The highest BCUT2D eigenvalue weighted by molar-refractivity contribution is 5.14. The molecule has 2 aromatic rings. The standard InChI is InChI=1S/C20H22O2/c1-3-8-17(9-4-1)14-21-16-19-12-7-13-20(19)22-15-18-10-5-2-6-11-18/h1-11,13,19-20H,12,14-16H2. The molecule has 0 saturated heterocycles. The SMILES string of the molecule is C1=CC(OCc2ccccc2)C(COCc2ccccc2)C1. The van der Waals surface area contributed by atoms with Crippen LogP contribution < -0.4 is 0 Å². The molecule has 0 N–H and O–H groups in total. The van der Waals surface area contributed by atoms with E-state index in [1.54, 1.807) is 0 Å². The predicted octanol–water partition coefficient (Wildman–Crippen LogP) is 4.36. The van der Waals surface area contributed by atoms with Crippen LogP contribution in [0.4, 0.5) is 0 Å². The van der Waals surface area contributed by atoms with E-state index in [9.17, 15) is 0 Å². The second kappa shape index (κ2) is 7.92. The Bertz CT molecular complexity index is 577. The maximum atomic E-state index is 6.04. The van der Waals surface area contributed by atoms with Gasteiger partial charge in [-0.2, -0.15) is 0 Å². The number of ether oxygens (including phenoxy) is 2. The van der Waals surface area contributed by atoms with Crippen LogP contribution in [-0.2, 0) is 22.7 Å². The smallest absolute Gasteiger partial charge is 0.0813 e. The van der Waals surface area contributed by atoms with E-state index in [-0.39, 0.29) is 6.10 Å². The molecule has 0 radical (unpaired) electrons. The van der Waals surface area contributed by atoms with Crippen molar-refractivity contribution in [2.45, 2.75) is 25.7 Å². The van der Waals surface area contributed by atoms with Crippen molar-refractivity contribution in [3.8, 4) is 0 Å². The van der Waals surface area contributed by atoms with Crippen molar-refractivity contribution >= 4 is 0 Å². The molecule has 1 aliphatic carbocycles. The zero-order valence-electron chi connectivity index (χ0n) is 12.7. The molecule has 2 nitrogen and oxygen atoms in total. The van der Waals surface area contributed by atoms with Gasteiger partial charge in [0.05, 0.1) is 25.9 Å². The zero-order valence-corrected chi connectivity index (χ0v) is 12.7. The number of allylic oxidation sites excluding steroid dienone is 1. The summed E-state index contributed by atoms with van der Waals surface area (Å²) in [6, 6.07) is 20.6. The molecular formula is C20H22O2. The average Bonchev–Trinajstić information content (AvgIpc) is 3.02. The minimum Gasteiger partial charge on any atom is -0.376 e. The van der Waals surface area contributed by atoms with Crippen LogP contribution in [0, 0.1) is 5.92 Å². The van der Waals surface area contributed by atoms with Crippen molar-refractivity contribution in [3.05, 3.63) is 83.9 Å². The van der Waals surface area contributed by atoms with Crippen molar-refractivity contribution < 1.29 is 9.47 Å². The van der Waals surface area contributed by atoms with Crippen molar-refractivity contribution in [1.82, 2.24) is 0 Å². The molecule has 0 heterocycles. The van der Waals surface area contributed by atoms with Gasteiger partial charge in [0.2, 0.25) is 0 Å². The molecule has 0 spiro atoms. The largest absolute Gasteiger partial charge is 0.376 e. The summed E-state index contributed by atoms with van der Waals surface area (Å²) in [6.45, 7) is 2.06. The van der Waals surface area contributed by atoms with E-state index >= 15 is 0 Å². The fraction of sp³-hybridized carbons (Fsp3) is 0.300. The van der Waals surface area contributed by atoms with Crippen LogP contribution in [-0.4, -0.2) is 12.7 Å². The molecule has 2 unspecified atom stereocenters. The summed E-state index contributed by atoms with van der Waals surface area (Å²) >= 11 is 0. The van der Waals surface area contributed by atoms with Crippen molar-refractivity contribution in [2.24, 2.45) is 5.92 Å². The lowest BCUT2D eigenvalue weighted by molar-refractivity contribution is -0.00270.